The van der Waals surface area contributed by atoms with Gasteiger partial charge in [0, 0.05) is 41.8 Å². The highest BCUT2D eigenvalue weighted by atomic mass is 32.1. The van der Waals surface area contributed by atoms with Crippen molar-refractivity contribution >= 4 is 27.2 Å². The van der Waals surface area contributed by atoms with E-state index in [9.17, 15) is 5.11 Å². The maximum atomic E-state index is 9.24. The smallest absolute Gasteiger partial charge is 0.138 e. The minimum absolute atomic E-state index is 0.0740. The predicted octanol–water partition coefficient (Wildman–Crippen LogP) is 3.60. The number of benzene rings is 1. The van der Waals surface area contributed by atoms with Crippen molar-refractivity contribution in [3.63, 3.8) is 0 Å². The van der Waals surface area contributed by atoms with Crippen molar-refractivity contribution in [1.82, 2.24) is 9.88 Å². The number of aliphatic hydroxyl groups excluding tert-OH is 1. The lowest BCUT2D eigenvalue weighted by Crippen LogP contribution is -2.46. The number of hydrogen-bond acceptors (Lipinski definition) is 5. The summed E-state index contributed by atoms with van der Waals surface area (Å²) in [5, 5.41) is 12.6. The van der Waals surface area contributed by atoms with Crippen LogP contribution >= 0.6 is 11.3 Å². The first-order valence-corrected chi connectivity index (χ1v) is 9.72. The van der Waals surface area contributed by atoms with Gasteiger partial charge in [-0.25, -0.2) is 4.98 Å². The molecular formula is C20H23N3OS. The van der Waals surface area contributed by atoms with E-state index in [0.29, 0.717) is 0 Å². The van der Waals surface area contributed by atoms with Crippen LogP contribution in [0.25, 0.3) is 21.3 Å². The quantitative estimate of drug-likeness (QED) is 0.778. The highest BCUT2D eigenvalue weighted by molar-refractivity contribution is 7.17. The Bertz CT molecular complexity index is 851. The monoisotopic (exact) mass is 353 g/mol. The minimum Gasteiger partial charge on any atom is -0.392 e. The lowest BCUT2D eigenvalue weighted by molar-refractivity contribution is 0.271. The Morgan fingerprint density at radius 2 is 1.84 bits per heavy atom. The second-order valence-corrected chi connectivity index (χ2v) is 7.39. The molecule has 1 saturated heterocycles. The zero-order valence-electron chi connectivity index (χ0n) is 14.5. The van der Waals surface area contributed by atoms with Crippen LogP contribution in [0.15, 0.2) is 41.8 Å². The summed E-state index contributed by atoms with van der Waals surface area (Å²) < 4.78 is 1.28. The molecule has 3 heterocycles. The van der Waals surface area contributed by atoms with Gasteiger partial charge in [-0.1, -0.05) is 31.2 Å². The van der Waals surface area contributed by atoms with Crippen LogP contribution in [-0.4, -0.2) is 47.7 Å². The van der Waals surface area contributed by atoms with E-state index in [4.69, 9.17) is 4.98 Å². The Morgan fingerprint density at radius 1 is 1.08 bits per heavy atom. The Morgan fingerprint density at radius 3 is 2.52 bits per heavy atom. The molecule has 25 heavy (non-hydrogen) atoms. The third-order valence-corrected chi connectivity index (χ3v) is 5.85. The molecule has 3 aromatic rings. The summed E-state index contributed by atoms with van der Waals surface area (Å²) in [6, 6.07) is 12.4. The number of fused-ring (bicyclic) bond motifs is 1. The molecule has 0 amide bonds. The zero-order valence-corrected chi connectivity index (χ0v) is 15.3. The number of rotatable bonds is 4. The number of likely N-dealkylation sites (N-methyl/N-ethyl adjacent to an activating group) is 1. The predicted molar refractivity (Wildman–Crippen MR) is 105 cm³/mol. The van der Waals surface area contributed by atoms with Gasteiger partial charge >= 0.3 is 0 Å². The van der Waals surface area contributed by atoms with Crippen LogP contribution in [0.2, 0.25) is 0 Å². The fourth-order valence-electron chi connectivity index (χ4n) is 3.39. The van der Waals surface area contributed by atoms with E-state index in [1.165, 1.54) is 10.1 Å². The van der Waals surface area contributed by atoms with E-state index in [-0.39, 0.29) is 6.61 Å². The molecule has 0 bridgehead atoms. The van der Waals surface area contributed by atoms with Crippen molar-refractivity contribution in [2.24, 2.45) is 0 Å². The molecule has 0 aliphatic carbocycles. The van der Waals surface area contributed by atoms with E-state index >= 15 is 0 Å². The zero-order chi connectivity index (χ0) is 17.2. The lowest BCUT2D eigenvalue weighted by Gasteiger charge is -2.35. The second-order valence-electron chi connectivity index (χ2n) is 6.44. The van der Waals surface area contributed by atoms with Crippen LogP contribution in [0.3, 0.4) is 0 Å². The van der Waals surface area contributed by atoms with Gasteiger partial charge in [0.05, 0.1) is 12.3 Å². The summed E-state index contributed by atoms with van der Waals surface area (Å²) in [4.78, 5) is 9.93. The van der Waals surface area contributed by atoms with Crippen molar-refractivity contribution in [1.29, 1.82) is 0 Å². The summed E-state index contributed by atoms with van der Waals surface area (Å²) in [7, 11) is 0. The van der Waals surface area contributed by atoms with Crippen molar-refractivity contribution in [2.75, 3.05) is 37.6 Å². The van der Waals surface area contributed by atoms with E-state index in [2.05, 4.69) is 34.2 Å². The molecule has 1 N–H and O–H groups in total. The number of aliphatic hydroxyl groups is 1. The van der Waals surface area contributed by atoms with Gasteiger partial charge in [-0.3, -0.25) is 0 Å². The maximum Gasteiger partial charge on any atom is 0.138 e. The Hall–Kier alpha value is -1.95. The molecule has 1 fully saturated rings. The van der Waals surface area contributed by atoms with Gasteiger partial charge in [0.1, 0.15) is 5.82 Å². The third kappa shape index (κ3) is 3.27. The highest BCUT2D eigenvalue weighted by Crippen LogP contribution is 2.33. The van der Waals surface area contributed by atoms with Crippen LogP contribution in [0, 0.1) is 0 Å². The second kappa shape index (κ2) is 7.12. The minimum atomic E-state index is 0.0740. The average molecular weight is 353 g/mol. The normalized spacial score (nSPS) is 15.8. The molecule has 2 aromatic heterocycles. The molecule has 0 saturated carbocycles. The molecule has 130 valence electrons. The van der Waals surface area contributed by atoms with Gasteiger partial charge in [0.15, 0.2) is 0 Å². The fourth-order valence-corrected chi connectivity index (χ4v) is 4.21. The topological polar surface area (TPSA) is 39.6 Å². The number of thiophene rings is 1. The summed E-state index contributed by atoms with van der Waals surface area (Å²) >= 11 is 1.77. The third-order valence-electron chi connectivity index (χ3n) is 4.98. The van der Waals surface area contributed by atoms with Crippen molar-refractivity contribution in [3.8, 4) is 11.3 Å². The fraction of sp³-hybridized carbons (Fsp3) is 0.350. The number of nitrogens with zero attached hydrogens (tertiary/aromatic N) is 3. The van der Waals surface area contributed by atoms with E-state index < -0.39 is 0 Å². The van der Waals surface area contributed by atoms with E-state index in [1.807, 2.05) is 24.3 Å². The van der Waals surface area contributed by atoms with Crippen LogP contribution in [0.4, 0.5) is 5.82 Å². The van der Waals surface area contributed by atoms with Gasteiger partial charge < -0.3 is 14.9 Å². The standard InChI is InChI=1S/C20H23N3OS/c1-2-22-8-10-23(11-9-22)20-17-7-12-25-19(17)13-18(21-20)16-5-3-15(14-24)4-6-16/h3-7,12-13,24H,2,8-11,14H2,1H3. The maximum absolute atomic E-state index is 9.24. The molecule has 4 rings (SSSR count). The SMILES string of the molecule is CCN1CCN(c2nc(-c3ccc(CO)cc3)cc3sccc23)CC1. The Kier molecular flexibility index (Phi) is 4.70. The van der Waals surface area contributed by atoms with Crippen molar-refractivity contribution in [2.45, 2.75) is 13.5 Å². The number of piperazine rings is 1. The molecule has 5 heteroatoms. The molecular weight excluding hydrogens is 330 g/mol. The summed E-state index contributed by atoms with van der Waals surface area (Å²) in [6.07, 6.45) is 0. The molecule has 1 aromatic carbocycles. The van der Waals surface area contributed by atoms with Gasteiger partial charge in [-0.2, -0.15) is 0 Å². The van der Waals surface area contributed by atoms with Crippen molar-refractivity contribution < 1.29 is 5.11 Å². The molecule has 0 atom stereocenters. The van der Waals surface area contributed by atoms with Gasteiger partial charge in [-0.15, -0.1) is 11.3 Å². The summed E-state index contributed by atoms with van der Waals surface area (Å²) in [5.41, 5.74) is 3.03. The first-order valence-electron chi connectivity index (χ1n) is 8.84. The van der Waals surface area contributed by atoms with Gasteiger partial charge in [0.25, 0.3) is 0 Å². The molecule has 0 radical (unpaired) electrons. The molecule has 1 aliphatic heterocycles. The van der Waals surface area contributed by atoms with Gasteiger partial charge in [-0.05, 0) is 29.6 Å². The molecule has 0 spiro atoms. The van der Waals surface area contributed by atoms with Gasteiger partial charge in [0.2, 0.25) is 0 Å². The summed E-state index contributed by atoms with van der Waals surface area (Å²) in [5.74, 6) is 1.11. The number of pyridine rings is 1. The van der Waals surface area contributed by atoms with Crippen LogP contribution in [0.5, 0.6) is 0 Å². The lowest BCUT2D eigenvalue weighted by atomic mass is 10.1. The number of aromatic nitrogens is 1. The molecule has 0 unspecified atom stereocenters. The Balaban J connectivity index is 1.72. The average Bonchev–Trinajstić information content (AvgIpc) is 3.16. The number of hydrogen-bond donors (Lipinski definition) is 1. The number of anilines is 1. The largest absolute Gasteiger partial charge is 0.392 e. The van der Waals surface area contributed by atoms with Crippen LogP contribution in [0.1, 0.15) is 12.5 Å². The summed E-state index contributed by atoms with van der Waals surface area (Å²) in [6.45, 7) is 7.66. The van der Waals surface area contributed by atoms with Crippen LogP contribution < -0.4 is 4.90 Å². The molecule has 4 nitrogen and oxygen atoms in total. The first kappa shape index (κ1) is 16.5. The highest BCUT2D eigenvalue weighted by Gasteiger charge is 2.20. The van der Waals surface area contributed by atoms with E-state index in [0.717, 1.165) is 55.4 Å². The van der Waals surface area contributed by atoms with Crippen molar-refractivity contribution in [3.05, 3.63) is 47.3 Å². The first-order chi connectivity index (χ1) is 12.3. The Labute approximate surface area is 152 Å². The van der Waals surface area contributed by atoms with Crippen LogP contribution in [-0.2, 0) is 6.61 Å². The molecule has 1 aliphatic rings. The van der Waals surface area contributed by atoms with E-state index in [1.54, 1.807) is 11.3 Å².